The molecule has 0 bridgehead atoms. The summed E-state index contributed by atoms with van der Waals surface area (Å²) in [5.74, 6) is 1.13. The number of hydrogen-bond donors (Lipinski definition) is 1. The van der Waals surface area contributed by atoms with Crippen LogP contribution < -0.4 is 15.2 Å². The Morgan fingerprint density at radius 1 is 1.45 bits per heavy atom. The average Bonchev–Trinajstić information content (AvgIpc) is 2.44. The van der Waals surface area contributed by atoms with Gasteiger partial charge in [0.1, 0.15) is 0 Å². The minimum Gasteiger partial charge on any atom is -0.493 e. The smallest absolute Gasteiger partial charge is 0.179 e. The molecule has 1 unspecified atom stereocenters. The molecule has 0 aliphatic heterocycles. The minimum atomic E-state index is 0.109. The van der Waals surface area contributed by atoms with E-state index in [-0.39, 0.29) is 6.04 Å². The highest BCUT2D eigenvalue weighted by molar-refractivity contribution is 6.32. The molecule has 0 saturated carbocycles. The molecule has 20 heavy (non-hydrogen) atoms. The molecule has 0 aromatic heterocycles. The van der Waals surface area contributed by atoms with Crippen molar-refractivity contribution in [2.24, 2.45) is 5.73 Å². The number of unbranched alkanes of at least 4 members (excludes halogenated alkanes) is 1. The maximum Gasteiger partial charge on any atom is 0.179 e. The normalized spacial score (nSPS) is 11.8. The van der Waals surface area contributed by atoms with Gasteiger partial charge in [0.15, 0.2) is 11.5 Å². The van der Waals surface area contributed by atoms with Crippen LogP contribution in [0.3, 0.4) is 0 Å². The van der Waals surface area contributed by atoms with Crippen molar-refractivity contribution in [1.82, 2.24) is 0 Å². The van der Waals surface area contributed by atoms with Crippen molar-refractivity contribution >= 4 is 11.6 Å². The van der Waals surface area contributed by atoms with Gasteiger partial charge in [-0.1, -0.05) is 18.5 Å². The van der Waals surface area contributed by atoms with Crippen molar-refractivity contribution in [3.8, 4) is 17.6 Å². The lowest BCUT2D eigenvalue weighted by Crippen LogP contribution is -2.21. The Labute approximate surface area is 125 Å². The van der Waals surface area contributed by atoms with Crippen LogP contribution in [0, 0.1) is 11.3 Å². The number of rotatable bonds is 8. The average molecular weight is 297 g/mol. The first-order chi connectivity index (χ1) is 9.62. The first-order valence-electron chi connectivity index (χ1n) is 6.74. The molecule has 5 heteroatoms. The number of nitrogens with zero attached hydrogens (tertiary/aromatic N) is 1. The zero-order valence-electron chi connectivity index (χ0n) is 12.0. The van der Waals surface area contributed by atoms with Gasteiger partial charge in [0.25, 0.3) is 0 Å². The van der Waals surface area contributed by atoms with Gasteiger partial charge in [-0.2, -0.15) is 5.26 Å². The predicted octanol–water partition coefficient (Wildman–Crippen LogP) is 3.31. The van der Waals surface area contributed by atoms with Gasteiger partial charge in [0, 0.05) is 12.5 Å². The fourth-order valence-electron chi connectivity index (χ4n) is 1.80. The number of hydrogen-bond acceptors (Lipinski definition) is 4. The van der Waals surface area contributed by atoms with Crippen molar-refractivity contribution < 1.29 is 9.47 Å². The van der Waals surface area contributed by atoms with E-state index in [2.05, 4.69) is 13.0 Å². The Kier molecular flexibility index (Phi) is 7.21. The van der Waals surface area contributed by atoms with Crippen LogP contribution in [-0.4, -0.2) is 19.8 Å². The number of benzene rings is 1. The fourth-order valence-corrected chi connectivity index (χ4v) is 2.09. The third-order valence-corrected chi connectivity index (χ3v) is 3.27. The summed E-state index contributed by atoms with van der Waals surface area (Å²) >= 11 is 6.24. The van der Waals surface area contributed by atoms with Crippen molar-refractivity contribution in [3.63, 3.8) is 0 Å². The van der Waals surface area contributed by atoms with Crippen LogP contribution in [-0.2, 0) is 6.42 Å². The first kappa shape index (κ1) is 16.6. The predicted molar refractivity (Wildman–Crippen MR) is 80.3 cm³/mol. The summed E-state index contributed by atoms with van der Waals surface area (Å²) in [7, 11) is 1.58. The van der Waals surface area contributed by atoms with Gasteiger partial charge in [0.2, 0.25) is 0 Å². The van der Waals surface area contributed by atoms with E-state index >= 15 is 0 Å². The Morgan fingerprint density at radius 2 is 2.20 bits per heavy atom. The Morgan fingerprint density at radius 3 is 2.80 bits per heavy atom. The highest BCUT2D eigenvalue weighted by Crippen LogP contribution is 2.36. The maximum absolute atomic E-state index is 8.49. The third-order valence-electron chi connectivity index (χ3n) is 2.99. The van der Waals surface area contributed by atoms with Crippen LogP contribution in [0.4, 0.5) is 0 Å². The Hall–Kier alpha value is -1.44. The SMILES string of the molecule is CCC(N)Cc1cc(Cl)c(OCCCC#N)c(OC)c1. The van der Waals surface area contributed by atoms with Crippen LogP contribution in [0.5, 0.6) is 11.5 Å². The summed E-state index contributed by atoms with van der Waals surface area (Å²) in [6.45, 7) is 2.49. The van der Waals surface area contributed by atoms with Crippen LogP contribution in [0.1, 0.15) is 31.7 Å². The molecule has 2 N–H and O–H groups in total. The molecule has 0 fully saturated rings. The van der Waals surface area contributed by atoms with Gasteiger partial charge in [-0.3, -0.25) is 0 Å². The van der Waals surface area contributed by atoms with Gasteiger partial charge in [-0.05, 0) is 37.0 Å². The van der Waals surface area contributed by atoms with Crippen molar-refractivity contribution in [3.05, 3.63) is 22.7 Å². The second-order valence-electron chi connectivity index (χ2n) is 4.59. The zero-order chi connectivity index (χ0) is 15.0. The second-order valence-corrected chi connectivity index (χ2v) is 5.00. The lowest BCUT2D eigenvalue weighted by Gasteiger charge is -2.15. The lowest BCUT2D eigenvalue weighted by molar-refractivity contribution is 0.290. The van der Waals surface area contributed by atoms with Crippen molar-refractivity contribution in [1.29, 1.82) is 5.26 Å². The Bertz CT molecular complexity index is 472. The molecule has 4 nitrogen and oxygen atoms in total. The molecular weight excluding hydrogens is 276 g/mol. The topological polar surface area (TPSA) is 68.3 Å². The summed E-state index contributed by atoms with van der Waals surface area (Å²) in [5, 5.41) is 9.01. The molecule has 0 spiro atoms. The molecular formula is C15H21ClN2O2. The minimum absolute atomic E-state index is 0.109. The number of methoxy groups -OCH3 is 1. The molecule has 110 valence electrons. The largest absolute Gasteiger partial charge is 0.493 e. The van der Waals surface area contributed by atoms with Crippen LogP contribution in [0.2, 0.25) is 5.02 Å². The van der Waals surface area contributed by atoms with E-state index in [1.54, 1.807) is 7.11 Å². The van der Waals surface area contributed by atoms with Crippen molar-refractivity contribution in [2.75, 3.05) is 13.7 Å². The number of nitriles is 1. The van der Waals surface area contributed by atoms with E-state index in [0.29, 0.717) is 36.0 Å². The quantitative estimate of drug-likeness (QED) is 0.747. The van der Waals surface area contributed by atoms with Gasteiger partial charge < -0.3 is 15.2 Å². The summed E-state index contributed by atoms with van der Waals surface area (Å²) in [4.78, 5) is 0. The number of halogens is 1. The van der Waals surface area contributed by atoms with E-state index in [4.69, 9.17) is 32.1 Å². The number of nitrogens with two attached hydrogens (primary N) is 1. The molecule has 1 rings (SSSR count). The highest BCUT2D eigenvalue weighted by Gasteiger charge is 2.13. The van der Waals surface area contributed by atoms with E-state index in [0.717, 1.165) is 18.4 Å². The van der Waals surface area contributed by atoms with Gasteiger partial charge in [-0.15, -0.1) is 0 Å². The van der Waals surface area contributed by atoms with E-state index < -0.39 is 0 Å². The maximum atomic E-state index is 8.49. The van der Waals surface area contributed by atoms with E-state index in [1.807, 2.05) is 12.1 Å². The van der Waals surface area contributed by atoms with Crippen molar-refractivity contribution in [2.45, 2.75) is 38.6 Å². The van der Waals surface area contributed by atoms with E-state index in [1.165, 1.54) is 0 Å². The Balaban J connectivity index is 2.82. The van der Waals surface area contributed by atoms with Crippen LogP contribution >= 0.6 is 11.6 Å². The molecule has 0 radical (unpaired) electrons. The molecule has 1 aromatic carbocycles. The van der Waals surface area contributed by atoms with Crippen LogP contribution in [0.25, 0.3) is 0 Å². The monoisotopic (exact) mass is 296 g/mol. The summed E-state index contributed by atoms with van der Waals surface area (Å²) in [5.41, 5.74) is 6.99. The van der Waals surface area contributed by atoms with Gasteiger partial charge in [0.05, 0.1) is 24.8 Å². The molecule has 0 amide bonds. The van der Waals surface area contributed by atoms with E-state index in [9.17, 15) is 0 Å². The van der Waals surface area contributed by atoms with Gasteiger partial charge in [-0.25, -0.2) is 0 Å². The lowest BCUT2D eigenvalue weighted by atomic mass is 10.0. The highest BCUT2D eigenvalue weighted by atomic mass is 35.5. The summed E-state index contributed by atoms with van der Waals surface area (Å²) < 4.78 is 10.9. The van der Waals surface area contributed by atoms with Gasteiger partial charge >= 0.3 is 0 Å². The standard InChI is InChI=1S/C15H21ClN2O2/c1-3-12(18)8-11-9-13(16)15(14(10-11)19-2)20-7-5-4-6-17/h9-10,12H,3-5,7-8,18H2,1-2H3. The van der Waals surface area contributed by atoms with Crippen LogP contribution in [0.15, 0.2) is 12.1 Å². The second kappa shape index (κ2) is 8.68. The molecule has 0 aliphatic carbocycles. The number of ether oxygens (including phenoxy) is 2. The summed E-state index contributed by atoms with van der Waals surface area (Å²) in [6, 6.07) is 5.95. The summed E-state index contributed by atoms with van der Waals surface area (Å²) in [6.07, 6.45) is 2.79. The zero-order valence-corrected chi connectivity index (χ0v) is 12.7. The fraction of sp³-hybridized carbons (Fsp3) is 0.533. The molecule has 0 heterocycles. The molecule has 0 aliphatic rings. The molecule has 1 aromatic rings. The molecule has 1 atom stereocenters. The third kappa shape index (κ3) is 4.92. The molecule has 0 saturated heterocycles. The first-order valence-corrected chi connectivity index (χ1v) is 7.11.